The molecule has 0 saturated carbocycles. The first-order valence-electron chi connectivity index (χ1n) is 13.2. The first kappa shape index (κ1) is 31.5. The zero-order valence-electron chi connectivity index (χ0n) is 23.4. The molecule has 0 aromatic heterocycles. The second kappa shape index (κ2) is 18.9. The van der Waals surface area contributed by atoms with Gasteiger partial charge in [-0.3, -0.25) is 0 Å². The highest BCUT2D eigenvalue weighted by Crippen LogP contribution is 2.33. The number of nitrogens with one attached hydrogen (secondary N) is 2. The highest BCUT2D eigenvalue weighted by Gasteiger charge is 2.18. The van der Waals surface area contributed by atoms with Gasteiger partial charge in [-0.15, -0.1) is 0 Å². The standard InChI is InChI=1S/C14H20N2.C8H12.C7H12.C3H8/c1-5-15-12(4)16-14-8-6-13(7-9-14)10-11(2)3;1-7-3-5-8(2)6-4-7;1-3-6-5-7(6)4-2;1-3-2/h6-9,15-16H,2,4-5,10H2,1,3H3;3-5,8H,6H2,1-2H3;5-6H,3-4H2,1-2H3;3H2,1-2H3/t;;6-;/m..0./s1. The van der Waals surface area contributed by atoms with E-state index in [4.69, 9.17) is 0 Å². The quantitative estimate of drug-likeness (QED) is 0.374. The molecule has 0 fully saturated rings. The Morgan fingerprint density at radius 3 is 2.00 bits per heavy atom. The van der Waals surface area contributed by atoms with E-state index in [-0.39, 0.29) is 0 Å². The van der Waals surface area contributed by atoms with Gasteiger partial charge in [0.15, 0.2) is 0 Å². The maximum atomic E-state index is 3.91. The largest absolute Gasteiger partial charge is 0.372 e. The molecule has 0 saturated heterocycles. The monoisotopic (exact) mass is 464 g/mol. The first-order valence-corrected chi connectivity index (χ1v) is 13.2. The van der Waals surface area contributed by atoms with Crippen LogP contribution in [0.3, 0.4) is 0 Å². The van der Waals surface area contributed by atoms with Gasteiger partial charge in [-0.25, -0.2) is 0 Å². The van der Waals surface area contributed by atoms with Crippen LogP contribution in [-0.4, -0.2) is 6.54 Å². The average molecular weight is 465 g/mol. The number of anilines is 1. The average Bonchev–Trinajstić information content (AvgIpc) is 3.58. The molecule has 0 amide bonds. The number of rotatable bonds is 8. The summed E-state index contributed by atoms with van der Waals surface area (Å²) in [6, 6.07) is 8.33. The van der Waals surface area contributed by atoms with Gasteiger partial charge in [-0.05, 0) is 76.0 Å². The fraction of sp³-hybridized carbons (Fsp3) is 0.500. The number of allylic oxidation sites excluding steroid dienone is 7. The fourth-order valence-corrected chi connectivity index (χ4v) is 3.29. The van der Waals surface area contributed by atoms with E-state index >= 15 is 0 Å². The summed E-state index contributed by atoms with van der Waals surface area (Å²) in [5.41, 5.74) is 6.59. The van der Waals surface area contributed by atoms with Gasteiger partial charge in [0.2, 0.25) is 0 Å². The summed E-state index contributed by atoms with van der Waals surface area (Å²) in [7, 11) is 0. The summed E-state index contributed by atoms with van der Waals surface area (Å²) >= 11 is 0. The van der Waals surface area contributed by atoms with Crippen LogP contribution in [0.4, 0.5) is 5.69 Å². The molecule has 2 N–H and O–H groups in total. The molecule has 0 aliphatic heterocycles. The Balaban J connectivity index is 0.000000502. The SMILES string of the molecule is C=C(C)Cc1ccc(NC(=C)NCC)cc1.CC1=CCC(C)C=C1.CCC.CCC1=C[C@@H]1CC. The molecule has 0 heterocycles. The minimum Gasteiger partial charge on any atom is -0.372 e. The Kier molecular flexibility index (Phi) is 17.5. The molecule has 1 aromatic rings. The van der Waals surface area contributed by atoms with Crippen molar-refractivity contribution in [3.05, 3.63) is 89.8 Å². The molecule has 34 heavy (non-hydrogen) atoms. The van der Waals surface area contributed by atoms with E-state index in [0.29, 0.717) is 0 Å². The predicted octanol–water partition coefficient (Wildman–Crippen LogP) is 9.61. The van der Waals surface area contributed by atoms with Crippen molar-refractivity contribution in [2.24, 2.45) is 11.8 Å². The summed E-state index contributed by atoms with van der Waals surface area (Å²) in [5, 5.41) is 6.32. The zero-order chi connectivity index (χ0) is 25.9. The second-order valence-electron chi connectivity index (χ2n) is 9.30. The first-order chi connectivity index (χ1) is 16.2. The normalized spacial score (nSPS) is 17.2. The summed E-state index contributed by atoms with van der Waals surface area (Å²) in [6.07, 6.45) is 15.1. The smallest absolute Gasteiger partial charge is 0.0957 e. The Morgan fingerprint density at radius 1 is 1.03 bits per heavy atom. The van der Waals surface area contributed by atoms with Crippen LogP contribution in [0.25, 0.3) is 0 Å². The predicted molar refractivity (Wildman–Crippen MR) is 156 cm³/mol. The lowest BCUT2D eigenvalue weighted by molar-refractivity contribution is 0.731. The molecule has 0 bridgehead atoms. The summed E-state index contributed by atoms with van der Waals surface area (Å²) in [4.78, 5) is 0. The van der Waals surface area contributed by atoms with Crippen molar-refractivity contribution in [2.45, 2.75) is 87.5 Å². The van der Waals surface area contributed by atoms with Crippen LogP contribution < -0.4 is 10.6 Å². The van der Waals surface area contributed by atoms with Crippen molar-refractivity contribution >= 4 is 5.69 Å². The lowest BCUT2D eigenvalue weighted by Crippen LogP contribution is -2.17. The minimum absolute atomic E-state index is 0.763. The van der Waals surface area contributed by atoms with Gasteiger partial charge >= 0.3 is 0 Å². The minimum atomic E-state index is 0.763. The Labute approximate surface area is 212 Å². The third-order valence-electron chi connectivity index (χ3n) is 5.27. The van der Waals surface area contributed by atoms with E-state index in [1.165, 1.54) is 42.4 Å². The van der Waals surface area contributed by atoms with Crippen molar-refractivity contribution in [2.75, 3.05) is 11.9 Å². The molecule has 0 spiro atoms. The van der Waals surface area contributed by atoms with Crippen molar-refractivity contribution in [1.29, 1.82) is 0 Å². The lowest BCUT2D eigenvalue weighted by atomic mass is 10.00. The molecule has 2 heteroatoms. The van der Waals surface area contributed by atoms with Crippen LogP contribution in [0.2, 0.25) is 0 Å². The fourth-order valence-electron chi connectivity index (χ4n) is 3.29. The number of benzene rings is 1. The van der Waals surface area contributed by atoms with Gasteiger partial charge in [0, 0.05) is 12.2 Å². The lowest BCUT2D eigenvalue weighted by Gasteiger charge is -2.11. The highest BCUT2D eigenvalue weighted by molar-refractivity contribution is 5.48. The van der Waals surface area contributed by atoms with E-state index in [2.05, 4.69) is 114 Å². The van der Waals surface area contributed by atoms with E-state index in [1.807, 2.05) is 13.8 Å². The summed E-state index contributed by atoms with van der Waals surface area (Å²) < 4.78 is 0. The van der Waals surface area contributed by atoms with Crippen molar-refractivity contribution in [3.8, 4) is 0 Å². The van der Waals surface area contributed by atoms with Crippen molar-refractivity contribution < 1.29 is 0 Å². The maximum absolute atomic E-state index is 3.91. The topological polar surface area (TPSA) is 24.1 Å². The summed E-state index contributed by atoms with van der Waals surface area (Å²) in [6.45, 7) is 25.8. The summed E-state index contributed by atoms with van der Waals surface area (Å²) in [5.74, 6) is 2.50. The molecule has 3 rings (SSSR count). The van der Waals surface area contributed by atoms with Crippen LogP contribution in [0.1, 0.15) is 86.6 Å². The molecule has 0 radical (unpaired) electrons. The van der Waals surface area contributed by atoms with Crippen LogP contribution in [0, 0.1) is 11.8 Å². The third kappa shape index (κ3) is 16.2. The molecule has 190 valence electrons. The van der Waals surface area contributed by atoms with E-state index < -0.39 is 0 Å². The molecular formula is C32H52N2. The molecule has 2 atom stereocenters. The second-order valence-corrected chi connectivity index (χ2v) is 9.30. The van der Waals surface area contributed by atoms with E-state index in [1.54, 1.807) is 5.57 Å². The number of hydrogen-bond donors (Lipinski definition) is 2. The van der Waals surface area contributed by atoms with E-state index in [0.717, 1.165) is 36.3 Å². The Morgan fingerprint density at radius 2 is 1.65 bits per heavy atom. The molecule has 2 aliphatic carbocycles. The van der Waals surface area contributed by atoms with Gasteiger partial charge in [0.05, 0.1) is 5.82 Å². The highest BCUT2D eigenvalue weighted by atomic mass is 15.1. The molecule has 1 unspecified atom stereocenters. The molecule has 2 aliphatic rings. The van der Waals surface area contributed by atoms with Gasteiger partial charge < -0.3 is 10.6 Å². The third-order valence-corrected chi connectivity index (χ3v) is 5.27. The van der Waals surface area contributed by atoms with Gasteiger partial charge in [0.1, 0.15) is 0 Å². The van der Waals surface area contributed by atoms with Crippen LogP contribution in [0.15, 0.2) is 84.3 Å². The van der Waals surface area contributed by atoms with Crippen LogP contribution in [-0.2, 0) is 6.42 Å². The van der Waals surface area contributed by atoms with Gasteiger partial charge in [-0.2, -0.15) is 0 Å². The zero-order valence-corrected chi connectivity index (χ0v) is 23.4. The Bertz CT molecular complexity index is 793. The molecule has 1 aromatic carbocycles. The van der Waals surface area contributed by atoms with Crippen molar-refractivity contribution in [3.63, 3.8) is 0 Å². The van der Waals surface area contributed by atoms with Crippen molar-refractivity contribution in [1.82, 2.24) is 5.32 Å². The maximum Gasteiger partial charge on any atom is 0.0957 e. The van der Waals surface area contributed by atoms with E-state index in [9.17, 15) is 0 Å². The van der Waals surface area contributed by atoms with Gasteiger partial charge in [-0.1, -0.05) is 107 Å². The Hall–Kier alpha value is -2.48. The van der Waals surface area contributed by atoms with Gasteiger partial charge in [0.25, 0.3) is 0 Å². The number of hydrogen-bond acceptors (Lipinski definition) is 2. The molecule has 2 nitrogen and oxygen atoms in total. The van der Waals surface area contributed by atoms with Crippen LogP contribution >= 0.6 is 0 Å². The molecular weight excluding hydrogens is 412 g/mol. The van der Waals surface area contributed by atoms with Crippen LogP contribution in [0.5, 0.6) is 0 Å².